The fourth-order valence-corrected chi connectivity index (χ4v) is 2.76. The van der Waals surface area contributed by atoms with Crippen LogP contribution in [0.1, 0.15) is 18.4 Å². The molecule has 1 heteroatoms. The van der Waals surface area contributed by atoms with Gasteiger partial charge in [-0.2, -0.15) is 0 Å². The van der Waals surface area contributed by atoms with Crippen LogP contribution in [0.25, 0.3) is 0 Å². The summed E-state index contributed by atoms with van der Waals surface area (Å²) in [6, 6.07) is 10.7. The Morgan fingerprint density at radius 1 is 1.07 bits per heavy atom. The molecule has 0 N–H and O–H groups in total. The SMILES string of the molecule is BrCCC1(c2ccccc2)C=CCC=C1. The topological polar surface area (TPSA) is 0 Å². The first-order valence-electron chi connectivity index (χ1n) is 5.34. The first-order chi connectivity index (χ1) is 7.37. The van der Waals surface area contributed by atoms with Crippen LogP contribution in [0.4, 0.5) is 0 Å². The van der Waals surface area contributed by atoms with Crippen molar-refractivity contribution in [2.75, 3.05) is 5.33 Å². The lowest BCUT2D eigenvalue weighted by Gasteiger charge is -2.29. The summed E-state index contributed by atoms with van der Waals surface area (Å²) < 4.78 is 0. The highest BCUT2D eigenvalue weighted by molar-refractivity contribution is 9.09. The number of hydrogen-bond donors (Lipinski definition) is 0. The molecule has 2 rings (SSSR count). The van der Waals surface area contributed by atoms with E-state index in [0.717, 1.165) is 18.2 Å². The van der Waals surface area contributed by atoms with Crippen LogP contribution in [0.15, 0.2) is 54.6 Å². The van der Waals surface area contributed by atoms with Gasteiger partial charge in [0.2, 0.25) is 0 Å². The van der Waals surface area contributed by atoms with Gasteiger partial charge in [-0.3, -0.25) is 0 Å². The number of rotatable bonds is 3. The molecule has 1 aromatic rings. The summed E-state index contributed by atoms with van der Waals surface area (Å²) in [5, 5.41) is 1.02. The van der Waals surface area contributed by atoms with Gasteiger partial charge < -0.3 is 0 Å². The average molecular weight is 263 g/mol. The van der Waals surface area contributed by atoms with Crippen molar-refractivity contribution in [2.24, 2.45) is 0 Å². The van der Waals surface area contributed by atoms with Crippen molar-refractivity contribution >= 4 is 15.9 Å². The van der Waals surface area contributed by atoms with E-state index in [2.05, 4.69) is 70.6 Å². The molecule has 0 unspecified atom stereocenters. The molecule has 0 saturated heterocycles. The van der Waals surface area contributed by atoms with Crippen molar-refractivity contribution in [3.63, 3.8) is 0 Å². The lowest BCUT2D eigenvalue weighted by atomic mass is 9.75. The predicted octanol–water partition coefficient (Wildman–Crippen LogP) is 4.23. The van der Waals surface area contributed by atoms with E-state index in [4.69, 9.17) is 0 Å². The van der Waals surface area contributed by atoms with Gasteiger partial charge in [0.1, 0.15) is 0 Å². The molecule has 0 aliphatic heterocycles. The molecule has 78 valence electrons. The second-order valence-electron chi connectivity index (χ2n) is 3.89. The Bertz CT molecular complexity index is 350. The van der Waals surface area contributed by atoms with Gasteiger partial charge in [0.25, 0.3) is 0 Å². The molecule has 0 radical (unpaired) electrons. The predicted molar refractivity (Wildman–Crippen MR) is 69.4 cm³/mol. The van der Waals surface area contributed by atoms with Gasteiger partial charge in [-0.25, -0.2) is 0 Å². The fourth-order valence-electron chi connectivity index (χ4n) is 2.10. The van der Waals surface area contributed by atoms with Crippen molar-refractivity contribution in [2.45, 2.75) is 18.3 Å². The van der Waals surface area contributed by atoms with Crippen LogP contribution in [0.5, 0.6) is 0 Å². The van der Waals surface area contributed by atoms with Crippen molar-refractivity contribution < 1.29 is 0 Å². The molecule has 0 heterocycles. The third kappa shape index (κ3) is 2.23. The van der Waals surface area contributed by atoms with Crippen LogP contribution in [0.3, 0.4) is 0 Å². The van der Waals surface area contributed by atoms with Crippen LogP contribution < -0.4 is 0 Å². The van der Waals surface area contributed by atoms with E-state index >= 15 is 0 Å². The van der Waals surface area contributed by atoms with Gasteiger partial charge in [0.15, 0.2) is 0 Å². The highest BCUT2D eigenvalue weighted by Crippen LogP contribution is 2.34. The largest absolute Gasteiger partial charge is 0.0927 e. The highest BCUT2D eigenvalue weighted by Gasteiger charge is 2.26. The van der Waals surface area contributed by atoms with Crippen LogP contribution in [-0.2, 0) is 5.41 Å². The molecular formula is C14H15Br. The van der Waals surface area contributed by atoms with Crippen molar-refractivity contribution in [3.8, 4) is 0 Å². The molecule has 15 heavy (non-hydrogen) atoms. The van der Waals surface area contributed by atoms with Gasteiger partial charge in [0.05, 0.1) is 0 Å². The van der Waals surface area contributed by atoms with Crippen LogP contribution in [0.2, 0.25) is 0 Å². The van der Waals surface area contributed by atoms with E-state index in [1.807, 2.05) is 0 Å². The molecule has 1 aromatic carbocycles. The first-order valence-corrected chi connectivity index (χ1v) is 6.46. The van der Waals surface area contributed by atoms with Gasteiger partial charge in [-0.05, 0) is 18.4 Å². The summed E-state index contributed by atoms with van der Waals surface area (Å²) in [5.41, 5.74) is 1.50. The highest BCUT2D eigenvalue weighted by atomic mass is 79.9. The van der Waals surface area contributed by atoms with Crippen LogP contribution in [-0.4, -0.2) is 5.33 Å². The number of benzene rings is 1. The molecule has 0 saturated carbocycles. The molecule has 1 aliphatic rings. The zero-order chi connectivity index (χ0) is 10.6. The maximum atomic E-state index is 3.55. The van der Waals surface area contributed by atoms with Crippen molar-refractivity contribution in [1.82, 2.24) is 0 Å². The molecule has 0 amide bonds. The Morgan fingerprint density at radius 2 is 1.73 bits per heavy atom. The number of alkyl halides is 1. The minimum absolute atomic E-state index is 0.114. The number of hydrogen-bond acceptors (Lipinski definition) is 0. The Balaban J connectivity index is 2.38. The average Bonchev–Trinajstić information content (AvgIpc) is 2.32. The van der Waals surface area contributed by atoms with E-state index in [1.54, 1.807) is 0 Å². The zero-order valence-corrected chi connectivity index (χ0v) is 10.3. The maximum Gasteiger partial charge on any atom is 0.0320 e. The van der Waals surface area contributed by atoms with E-state index in [1.165, 1.54) is 5.56 Å². The smallest absolute Gasteiger partial charge is 0.0320 e. The van der Waals surface area contributed by atoms with E-state index in [0.29, 0.717) is 0 Å². The summed E-state index contributed by atoms with van der Waals surface area (Å²) in [7, 11) is 0. The van der Waals surface area contributed by atoms with Crippen molar-refractivity contribution in [1.29, 1.82) is 0 Å². The van der Waals surface area contributed by atoms with Gasteiger partial charge >= 0.3 is 0 Å². The summed E-state index contributed by atoms with van der Waals surface area (Å²) in [4.78, 5) is 0. The lowest BCUT2D eigenvalue weighted by molar-refractivity contribution is 0.641. The normalized spacial score (nSPS) is 17.9. The Labute approximate surface area is 99.8 Å². The monoisotopic (exact) mass is 262 g/mol. The standard InChI is InChI=1S/C14H15Br/c15-12-11-14(9-5-2-6-10-14)13-7-3-1-4-8-13/h1,3-10H,2,11-12H2. The van der Waals surface area contributed by atoms with Gasteiger partial charge in [-0.1, -0.05) is 70.6 Å². The minimum Gasteiger partial charge on any atom is -0.0927 e. The number of allylic oxidation sites excluding steroid dienone is 4. The maximum absolute atomic E-state index is 3.55. The molecular weight excluding hydrogens is 248 g/mol. The van der Waals surface area contributed by atoms with E-state index in [-0.39, 0.29) is 5.41 Å². The minimum atomic E-state index is 0.114. The summed E-state index contributed by atoms with van der Waals surface area (Å²) in [5.74, 6) is 0. The summed E-state index contributed by atoms with van der Waals surface area (Å²) in [6.45, 7) is 0. The summed E-state index contributed by atoms with van der Waals surface area (Å²) in [6.07, 6.45) is 11.4. The lowest BCUT2D eigenvalue weighted by Crippen LogP contribution is -2.22. The quantitative estimate of drug-likeness (QED) is 0.565. The molecule has 0 bridgehead atoms. The first kappa shape index (κ1) is 10.7. The summed E-state index contributed by atoms with van der Waals surface area (Å²) >= 11 is 3.55. The Hall–Kier alpha value is -0.820. The van der Waals surface area contributed by atoms with Gasteiger partial charge in [0, 0.05) is 10.7 Å². The van der Waals surface area contributed by atoms with Gasteiger partial charge in [-0.15, -0.1) is 0 Å². The second-order valence-corrected chi connectivity index (χ2v) is 4.68. The molecule has 0 atom stereocenters. The second kappa shape index (κ2) is 4.80. The molecule has 0 fully saturated rings. The van der Waals surface area contributed by atoms with Crippen LogP contribution in [0, 0.1) is 0 Å². The Morgan fingerprint density at radius 3 is 2.33 bits per heavy atom. The third-order valence-corrected chi connectivity index (χ3v) is 3.32. The Kier molecular flexibility index (Phi) is 3.42. The van der Waals surface area contributed by atoms with Crippen molar-refractivity contribution in [3.05, 3.63) is 60.2 Å². The molecule has 0 spiro atoms. The fraction of sp³-hybridized carbons (Fsp3) is 0.286. The molecule has 1 aliphatic carbocycles. The van der Waals surface area contributed by atoms with E-state index < -0.39 is 0 Å². The molecule has 0 nitrogen and oxygen atoms in total. The van der Waals surface area contributed by atoms with E-state index in [9.17, 15) is 0 Å². The molecule has 0 aromatic heterocycles. The van der Waals surface area contributed by atoms with Crippen LogP contribution >= 0.6 is 15.9 Å². The number of halogens is 1. The zero-order valence-electron chi connectivity index (χ0n) is 8.70. The third-order valence-electron chi connectivity index (χ3n) is 2.92.